The highest BCUT2D eigenvalue weighted by Gasteiger charge is 2.50. The molecule has 2 rings (SSSR count). The summed E-state index contributed by atoms with van der Waals surface area (Å²) in [5.74, 6) is 0.413. The number of rotatable bonds is 0. The van der Waals surface area contributed by atoms with Crippen LogP contribution in [-0.2, 0) is 15.6 Å². The summed E-state index contributed by atoms with van der Waals surface area (Å²) in [4.78, 5) is 22.0. The van der Waals surface area contributed by atoms with E-state index in [1.165, 1.54) is 0 Å². The SMILES string of the molecule is O=C1NC(=O)[C@@]2(CC[S@@](=O)C2)N1. The minimum absolute atomic E-state index is 0.255. The fraction of sp³-hybridized carbons (Fsp3) is 0.667. The summed E-state index contributed by atoms with van der Waals surface area (Å²) in [6.07, 6.45) is 0.483. The topological polar surface area (TPSA) is 75.3 Å². The van der Waals surface area contributed by atoms with Crippen LogP contribution in [0.3, 0.4) is 0 Å². The summed E-state index contributed by atoms with van der Waals surface area (Å²) >= 11 is 0. The normalized spacial score (nSPS) is 40.2. The first kappa shape index (κ1) is 7.72. The Balaban J connectivity index is 2.27. The number of hydrogen-bond donors (Lipinski definition) is 2. The number of hydrogen-bond acceptors (Lipinski definition) is 3. The summed E-state index contributed by atoms with van der Waals surface area (Å²) < 4.78 is 11.0. The van der Waals surface area contributed by atoms with Gasteiger partial charge in [-0.25, -0.2) is 4.79 Å². The molecule has 0 aromatic carbocycles. The van der Waals surface area contributed by atoms with E-state index in [2.05, 4.69) is 10.6 Å². The maximum Gasteiger partial charge on any atom is 0.322 e. The second-order valence-corrected chi connectivity index (χ2v) is 4.61. The van der Waals surface area contributed by atoms with Crippen molar-refractivity contribution in [3.63, 3.8) is 0 Å². The zero-order valence-electron chi connectivity index (χ0n) is 6.25. The van der Waals surface area contributed by atoms with Crippen LogP contribution in [0.1, 0.15) is 6.42 Å². The smallest absolute Gasteiger partial charge is 0.322 e. The molecule has 6 heteroatoms. The molecule has 2 fully saturated rings. The quantitative estimate of drug-likeness (QED) is 0.465. The maximum absolute atomic E-state index is 11.2. The number of amides is 3. The predicted molar refractivity (Wildman–Crippen MR) is 41.9 cm³/mol. The number of urea groups is 1. The van der Waals surface area contributed by atoms with Gasteiger partial charge in [-0.3, -0.25) is 14.3 Å². The largest absolute Gasteiger partial charge is 0.322 e. The minimum atomic E-state index is -0.963. The lowest BCUT2D eigenvalue weighted by molar-refractivity contribution is -0.123. The molecule has 0 saturated carbocycles. The van der Waals surface area contributed by atoms with Gasteiger partial charge in [0.2, 0.25) is 0 Å². The first-order chi connectivity index (χ1) is 5.62. The molecule has 3 amide bonds. The van der Waals surface area contributed by atoms with E-state index in [1.807, 2.05) is 0 Å². The summed E-state index contributed by atoms with van der Waals surface area (Å²) in [6.45, 7) is 0. The van der Waals surface area contributed by atoms with E-state index in [4.69, 9.17) is 0 Å². The predicted octanol–water partition coefficient (Wildman–Crippen LogP) is -1.28. The first-order valence-corrected chi connectivity index (χ1v) is 5.10. The van der Waals surface area contributed by atoms with Crippen LogP contribution < -0.4 is 10.6 Å². The van der Waals surface area contributed by atoms with Crippen molar-refractivity contribution in [3.05, 3.63) is 0 Å². The second-order valence-electron chi connectivity index (χ2n) is 3.03. The summed E-state index contributed by atoms with van der Waals surface area (Å²) in [5.41, 5.74) is -0.859. The first-order valence-electron chi connectivity index (χ1n) is 3.61. The van der Waals surface area contributed by atoms with Crippen molar-refractivity contribution in [2.45, 2.75) is 12.0 Å². The van der Waals surface area contributed by atoms with Crippen molar-refractivity contribution >= 4 is 22.7 Å². The van der Waals surface area contributed by atoms with Gasteiger partial charge >= 0.3 is 6.03 Å². The lowest BCUT2D eigenvalue weighted by Gasteiger charge is -2.16. The van der Waals surface area contributed by atoms with Crippen LogP contribution >= 0.6 is 0 Å². The standard InChI is InChI=1S/C6H8N2O3S/c9-4-6(8-5(10)7-4)1-2-12(11)3-6/h1-3H2,(H2,7,8,9,10)/t6-,12+/m0/s1. The fourth-order valence-corrected chi connectivity index (χ4v) is 3.13. The second kappa shape index (κ2) is 2.29. The fourth-order valence-electron chi connectivity index (χ4n) is 1.51. The Morgan fingerprint density at radius 1 is 1.42 bits per heavy atom. The van der Waals surface area contributed by atoms with E-state index in [0.717, 1.165) is 0 Å². The van der Waals surface area contributed by atoms with E-state index < -0.39 is 22.4 Å². The molecule has 0 bridgehead atoms. The van der Waals surface area contributed by atoms with E-state index >= 15 is 0 Å². The van der Waals surface area contributed by atoms with Crippen LogP contribution in [0.2, 0.25) is 0 Å². The zero-order valence-corrected chi connectivity index (χ0v) is 7.07. The Morgan fingerprint density at radius 3 is 2.58 bits per heavy atom. The van der Waals surface area contributed by atoms with Gasteiger partial charge in [0.25, 0.3) is 5.91 Å². The Bertz CT molecular complexity index is 287. The van der Waals surface area contributed by atoms with Crippen molar-refractivity contribution in [1.29, 1.82) is 0 Å². The highest BCUT2D eigenvalue weighted by Crippen LogP contribution is 2.23. The molecule has 0 aromatic rings. The molecule has 5 nitrogen and oxygen atoms in total. The Morgan fingerprint density at radius 2 is 2.17 bits per heavy atom. The molecule has 2 heterocycles. The summed E-state index contributed by atoms with van der Waals surface area (Å²) in [7, 11) is -0.963. The van der Waals surface area contributed by atoms with Crippen molar-refractivity contribution in [2.75, 3.05) is 11.5 Å². The number of imide groups is 1. The molecule has 0 aromatic heterocycles. The number of carbonyl (C=O) groups is 2. The highest BCUT2D eigenvalue weighted by molar-refractivity contribution is 7.85. The molecule has 2 aliphatic rings. The van der Waals surface area contributed by atoms with Gasteiger partial charge in [-0.05, 0) is 6.42 Å². The van der Waals surface area contributed by atoms with Gasteiger partial charge in [0, 0.05) is 16.6 Å². The molecule has 2 saturated heterocycles. The Hall–Kier alpha value is -0.910. The van der Waals surface area contributed by atoms with Crippen molar-refractivity contribution in [1.82, 2.24) is 10.6 Å². The molecule has 66 valence electrons. The summed E-state index contributed by atoms with van der Waals surface area (Å²) in [6, 6.07) is -0.473. The van der Waals surface area contributed by atoms with Gasteiger partial charge in [-0.2, -0.15) is 0 Å². The summed E-state index contributed by atoms with van der Waals surface area (Å²) in [5, 5.41) is 4.66. The van der Waals surface area contributed by atoms with E-state index in [1.54, 1.807) is 0 Å². The minimum Gasteiger partial charge on any atom is -0.322 e. The molecular weight excluding hydrogens is 180 g/mol. The van der Waals surface area contributed by atoms with Crippen molar-refractivity contribution in [2.24, 2.45) is 0 Å². The molecule has 0 aliphatic carbocycles. The highest BCUT2D eigenvalue weighted by atomic mass is 32.2. The molecule has 12 heavy (non-hydrogen) atoms. The number of nitrogens with one attached hydrogen (secondary N) is 2. The zero-order chi connectivity index (χ0) is 8.77. The maximum atomic E-state index is 11.2. The average Bonchev–Trinajstić information content (AvgIpc) is 2.43. The average molecular weight is 188 g/mol. The third-order valence-corrected chi connectivity index (χ3v) is 3.65. The van der Waals surface area contributed by atoms with Crippen LogP contribution in [0.4, 0.5) is 4.79 Å². The van der Waals surface area contributed by atoms with Gasteiger partial charge in [-0.1, -0.05) is 0 Å². The van der Waals surface area contributed by atoms with Gasteiger partial charge in [0.05, 0.1) is 5.75 Å². The van der Waals surface area contributed by atoms with Gasteiger partial charge in [-0.15, -0.1) is 0 Å². The van der Waals surface area contributed by atoms with Gasteiger partial charge in [0.1, 0.15) is 5.54 Å². The third-order valence-electron chi connectivity index (χ3n) is 2.18. The van der Waals surface area contributed by atoms with Crippen LogP contribution in [0.25, 0.3) is 0 Å². The third kappa shape index (κ3) is 0.945. The molecule has 2 atom stereocenters. The van der Waals surface area contributed by atoms with E-state index in [-0.39, 0.29) is 11.7 Å². The molecule has 1 spiro atoms. The molecule has 0 unspecified atom stereocenters. The molecule has 0 radical (unpaired) electrons. The number of carbonyl (C=O) groups excluding carboxylic acids is 2. The van der Waals surface area contributed by atoms with Crippen LogP contribution in [0.15, 0.2) is 0 Å². The van der Waals surface area contributed by atoms with E-state index in [0.29, 0.717) is 12.2 Å². The molecule has 2 N–H and O–H groups in total. The molecular formula is C6H8N2O3S. The lowest BCUT2D eigenvalue weighted by atomic mass is 10.0. The Kier molecular flexibility index (Phi) is 1.47. The monoisotopic (exact) mass is 188 g/mol. The van der Waals surface area contributed by atoms with Crippen molar-refractivity contribution in [3.8, 4) is 0 Å². The Labute approximate surface area is 71.3 Å². The van der Waals surface area contributed by atoms with Crippen molar-refractivity contribution < 1.29 is 13.8 Å². The molecule has 2 aliphatic heterocycles. The lowest BCUT2D eigenvalue weighted by Crippen LogP contribution is -2.47. The van der Waals surface area contributed by atoms with Crippen LogP contribution in [0.5, 0.6) is 0 Å². The van der Waals surface area contributed by atoms with Crippen LogP contribution in [0, 0.1) is 0 Å². The van der Waals surface area contributed by atoms with E-state index in [9.17, 15) is 13.8 Å². The van der Waals surface area contributed by atoms with Gasteiger partial charge < -0.3 is 5.32 Å². The van der Waals surface area contributed by atoms with Gasteiger partial charge in [0.15, 0.2) is 0 Å². The van der Waals surface area contributed by atoms with Crippen LogP contribution in [-0.4, -0.2) is 33.2 Å².